The van der Waals surface area contributed by atoms with Gasteiger partial charge in [-0.3, -0.25) is 4.79 Å². The number of fused-ring (bicyclic) bond motifs is 3. The van der Waals surface area contributed by atoms with Gasteiger partial charge in [0.1, 0.15) is 5.65 Å². The Bertz CT molecular complexity index is 1080. The number of piperidine rings is 1. The van der Waals surface area contributed by atoms with Gasteiger partial charge in [-0.1, -0.05) is 6.07 Å². The first-order valence-electron chi connectivity index (χ1n) is 8.01. The Morgan fingerprint density at radius 1 is 1.36 bits per heavy atom. The van der Waals surface area contributed by atoms with Gasteiger partial charge in [0.15, 0.2) is 0 Å². The van der Waals surface area contributed by atoms with Crippen molar-refractivity contribution in [3.05, 3.63) is 45.9 Å². The summed E-state index contributed by atoms with van der Waals surface area (Å²) in [5.41, 5.74) is 2.11. The van der Waals surface area contributed by atoms with Crippen molar-refractivity contribution in [2.75, 3.05) is 13.1 Å². The number of carboxylic acid groups (broad SMARTS) is 1. The summed E-state index contributed by atoms with van der Waals surface area (Å²) >= 11 is 0. The third kappa shape index (κ3) is 2.41. The van der Waals surface area contributed by atoms with E-state index in [-0.39, 0.29) is 11.5 Å². The third-order valence-corrected chi connectivity index (χ3v) is 4.77. The van der Waals surface area contributed by atoms with Crippen molar-refractivity contribution in [3.8, 4) is 6.07 Å². The van der Waals surface area contributed by atoms with E-state index < -0.39 is 6.09 Å². The minimum absolute atomic E-state index is 0.0419. The molecule has 1 saturated heterocycles. The van der Waals surface area contributed by atoms with E-state index in [0.29, 0.717) is 48.0 Å². The fourth-order valence-electron chi connectivity index (χ4n) is 3.54. The second-order valence-electron chi connectivity index (χ2n) is 6.17. The quantitative estimate of drug-likeness (QED) is 0.704. The van der Waals surface area contributed by atoms with Gasteiger partial charge < -0.3 is 15.0 Å². The van der Waals surface area contributed by atoms with Gasteiger partial charge in [0, 0.05) is 25.1 Å². The molecule has 1 aliphatic rings. The smallest absolute Gasteiger partial charge is 0.407 e. The zero-order valence-electron chi connectivity index (χ0n) is 13.3. The predicted molar refractivity (Wildman–Crippen MR) is 89.6 cm³/mol. The van der Waals surface area contributed by atoms with E-state index in [4.69, 9.17) is 5.11 Å². The van der Waals surface area contributed by atoms with Gasteiger partial charge in [-0.15, -0.1) is 0 Å². The van der Waals surface area contributed by atoms with Crippen molar-refractivity contribution in [1.82, 2.24) is 19.5 Å². The molecule has 1 aromatic carbocycles. The van der Waals surface area contributed by atoms with Gasteiger partial charge >= 0.3 is 6.09 Å². The molecule has 2 aromatic heterocycles. The molecule has 3 heterocycles. The molecule has 1 fully saturated rings. The third-order valence-electron chi connectivity index (χ3n) is 4.77. The normalized spacial score (nSPS) is 15.6. The summed E-state index contributed by atoms with van der Waals surface area (Å²) in [5, 5.41) is 23.6. The molecule has 1 aliphatic heterocycles. The molecule has 1 amide bonds. The highest BCUT2D eigenvalue weighted by atomic mass is 16.4. The maximum absolute atomic E-state index is 12.2. The van der Waals surface area contributed by atoms with Crippen LogP contribution in [0.5, 0.6) is 0 Å². The number of aromatic amines is 1. The minimum atomic E-state index is -0.919. The van der Waals surface area contributed by atoms with Crippen molar-refractivity contribution in [3.63, 3.8) is 0 Å². The summed E-state index contributed by atoms with van der Waals surface area (Å²) in [6, 6.07) is 8.92. The topological polar surface area (TPSA) is 114 Å². The zero-order chi connectivity index (χ0) is 17.6. The van der Waals surface area contributed by atoms with Crippen LogP contribution in [0, 0.1) is 11.3 Å². The Kier molecular flexibility index (Phi) is 3.42. The summed E-state index contributed by atoms with van der Waals surface area (Å²) in [5.74, 6) is 0.0419. The van der Waals surface area contributed by atoms with E-state index >= 15 is 0 Å². The van der Waals surface area contributed by atoms with Crippen LogP contribution in [0.25, 0.3) is 16.6 Å². The number of amides is 1. The minimum Gasteiger partial charge on any atom is -0.465 e. The molecule has 25 heavy (non-hydrogen) atoms. The highest BCUT2D eigenvalue weighted by molar-refractivity contribution is 5.96. The van der Waals surface area contributed by atoms with E-state index in [2.05, 4.69) is 16.2 Å². The van der Waals surface area contributed by atoms with Crippen molar-refractivity contribution in [2.45, 2.75) is 18.8 Å². The van der Waals surface area contributed by atoms with Crippen LogP contribution >= 0.6 is 0 Å². The molecule has 2 N–H and O–H groups in total. The first kappa shape index (κ1) is 15.2. The van der Waals surface area contributed by atoms with Gasteiger partial charge in [-0.25, -0.2) is 9.31 Å². The molecule has 0 spiro atoms. The molecule has 0 bridgehead atoms. The molecule has 3 aromatic rings. The fourth-order valence-corrected chi connectivity index (χ4v) is 3.54. The van der Waals surface area contributed by atoms with Crippen molar-refractivity contribution < 1.29 is 9.90 Å². The first-order chi connectivity index (χ1) is 12.1. The highest BCUT2D eigenvalue weighted by Crippen LogP contribution is 2.29. The summed E-state index contributed by atoms with van der Waals surface area (Å²) < 4.78 is 1.69. The molecule has 0 radical (unpaired) electrons. The lowest BCUT2D eigenvalue weighted by molar-refractivity contribution is 0.131. The molecule has 126 valence electrons. The summed E-state index contributed by atoms with van der Waals surface area (Å²) in [6.07, 6.45) is 0.344. The van der Waals surface area contributed by atoms with Crippen LogP contribution in [0.3, 0.4) is 0 Å². The second-order valence-corrected chi connectivity index (χ2v) is 6.17. The lowest BCUT2D eigenvalue weighted by atomic mass is 9.93. The number of likely N-dealkylation sites (tertiary alicyclic amines) is 1. The SMILES string of the molecule is N#Cc1cccc2nn3c(C4CCN(C(=O)O)CC4)cc(=O)[nH]c3c12. The molecule has 0 aliphatic carbocycles. The Balaban J connectivity index is 1.87. The average molecular weight is 337 g/mol. The van der Waals surface area contributed by atoms with Crippen molar-refractivity contribution in [2.24, 2.45) is 0 Å². The Morgan fingerprint density at radius 3 is 2.80 bits per heavy atom. The lowest BCUT2D eigenvalue weighted by Crippen LogP contribution is -2.37. The molecule has 0 unspecified atom stereocenters. The van der Waals surface area contributed by atoms with Crippen LogP contribution in [0.15, 0.2) is 29.1 Å². The van der Waals surface area contributed by atoms with Crippen molar-refractivity contribution in [1.29, 1.82) is 5.26 Å². The number of nitrogens with one attached hydrogen (secondary N) is 1. The van der Waals surface area contributed by atoms with Gasteiger partial charge in [-0.2, -0.15) is 10.4 Å². The number of hydrogen-bond acceptors (Lipinski definition) is 4. The molecule has 4 rings (SSSR count). The van der Waals surface area contributed by atoms with Crippen LogP contribution < -0.4 is 5.56 Å². The van der Waals surface area contributed by atoms with Gasteiger partial charge in [0.05, 0.1) is 28.2 Å². The Hall–Kier alpha value is -3.34. The maximum Gasteiger partial charge on any atom is 0.407 e. The van der Waals surface area contributed by atoms with Crippen LogP contribution in [0.2, 0.25) is 0 Å². The molecule has 0 saturated carbocycles. The van der Waals surface area contributed by atoms with Crippen LogP contribution in [-0.4, -0.2) is 43.8 Å². The summed E-state index contributed by atoms with van der Waals surface area (Å²) in [6.45, 7) is 0.858. The Labute approximate surface area is 141 Å². The largest absolute Gasteiger partial charge is 0.465 e. The average Bonchev–Trinajstić information content (AvgIpc) is 2.99. The van der Waals surface area contributed by atoms with E-state index in [0.717, 1.165) is 5.69 Å². The van der Waals surface area contributed by atoms with Gasteiger partial charge in [0.25, 0.3) is 5.56 Å². The van der Waals surface area contributed by atoms with E-state index in [1.54, 1.807) is 22.7 Å². The first-order valence-corrected chi connectivity index (χ1v) is 8.01. The van der Waals surface area contributed by atoms with Crippen LogP contribution in [-0.2, 0) is 0 Å². The molecule has 8 heteroatoms. The van der Waals surface area contributed by atoms with E-state index in [9.17, 15) is 14.9 Å². The van der Waals surface area contributed by atoms with E-state index in [1.165, 1.54) is 11.0 Å². The van der Waals surface area contributed by atoms with E-state index in [1.807, 2.05) is 0 Å². The monoisotopic (exact) mass is 337 g/mol. The maximum atomic E-state index is 12.2. The summed E-state index contributed by atoms with van der Waals surface area (Å²) in [4.78, 5) is 27.4. The van der Waals surface area contributed by atoms with Crippen LogP contribution in [0.1, 0.15) is 30.0 Å². The molecule has 0 atom stereocenters. The molecular weight excluding hydrogens is 322 g/mol. The second kappa shape index (κ2) is 5.63. The fraction of sp³-hybridized carbons (Fsp3) is 0.294. The van der Waals surface area contributed by atoms with Gasteiger partial charge in [0.2, 0.25) is 0 Å². The summed E-state index contributed by atoms with van der Waals surface area (Å²) in [7, 11) is 0. The number of rotatable bonds is 1. The Morgan fingerprint density at radius 2 is 2.12 bits per heavy atom. The molecule has 8 nitrogen and oxygen atoms in total. The number of carbonyl (C=O) groups is 1. The lowest BCUT2D eigenvalue weighted by Gasteiger charge is -2.30. The number of nitriles is 1. The van der Waals surface area contributed by atoms with Gasteiger partial charge in [-0.05, 0) is 25.0 Å². The number of nitrogens with zero attached hydrogens (tertiary/aromatic N) is 4. The number of H-pyrrole nitrogens is 1. The van der Waals surface area contributed by atoms with Crippen molar-refractivity contribution >= 4 is 22.6 Å². The standard InChI is InChI=1S/C17H15N5O3/c18-9-11-2-1-3-12-15(11)16-19-14(23)8-13(22(16)20-12)10-4-6-21(7-5-10)17(24)25/h1-3,8,10H,4-7H2,(H,19,23)(H,24,25). The number of aromatic nitrogens is 3. The molecular formula is C17H15N5O3. The highest BCUT2D eigenvalue weighted by Gasteiger charge is 2.26. The number of hydrogen-bond donors (Lipinski definition) is 2. The number of benzene rings is 1. The van der Waals surface area contributed by atoms with Crippen LogP contribution in [0.4, 0.5) is 4.79 Å². The predicted octanol–water partition coefficient (Wildman–Crippen LogP) is 1.90. The zero-order valence-corrected chi connectivity index (χ0v) is 13.3.